The number of rotatable bonds is 6. The molecule has 1 unspecified atom stereocenters. The van der Waals surface area contributed by atoms with Crippen molar-refractivity contribution in [3.8, 4) is 11.8 Å². The SMILES string of the molecule is Cc1ccc(NC(=O)C(C)Oc2ccc(C#N)cc2)c(CN(C)C)c1. The zero-order valence-electron chi connectivity index (χ0n) is 15.0. The van der Waals surface area contributed by atoms with Crippen LogP contribution in [0.5, 0.6) is 5.75 Å². The summed E-state index contributed by atoms with van der Waals surface area (Å²) in [6.07, 6.45) is -0.651. The predicted octanol–water partition coefficient (Wildman–Crippen LogP) is 3.33. The maximum Gasteiger partial charge on any atom is 0.265 e. The molecule has 1 atom stereocenters. The molecule has 130 valence electrons. The van der Waals surface area contributed by atoms with Gasteiger partial charge in [-0.15, -0.1) is 0 Å². The lowest BCUT2D eigenvalue weighted by Gasteiger charge is -2.18. The minimum atomic E-state index is -0.651. The largest absolute Gasteiger partial charge is 0.481 e. The van der Waals surface area contributed by atoms with Crippen LogP contribution in [-0.2, 0) is 11.3 Å². The Labute approximate surface area is 148 Å². The molecule has 2 aromatic rings. The second kappa shape index (κ2) is 8.32. The van der Waals surface area contributed by atoms with Gasteiger partial charge in [0.05, 0.1) is 11.6 Å². The molecule has 0 aliphatic rings. The minimum Gasteiger partial charge on any atom is -0.481 e. The molecular weight excluding hydrogens is 314 g/mol. The number of ether oxygens (including phenoxy) is 1. The summed E-state index contributed by atoms with van der Waals surface area (Å²) in [4.78, 5) is 14.5. The van der Waals surface area contributed by atoms with Gasteiger partial charge in [0.1, 0.15) is 5.75 Å². The van der Waals surface area contributed by atoms with Gasteiger partial charge in [0.2, 0.25) is 0 Å². The van der Waals surface area contributed by atoms with Gasteiger partial charge >= 0.3 is 0 Å². The Kier molecular flexibility index (Phi) is 6.15. The molecule has 0 saturated heterocycles. The molecule has 5 heteroatoms. The van der Waals surface area contributed by atoms with Crippen molar-refractivity contribution in [2.45, 2.75) is 26.5 Å². The summed E-state index contributed by atoms with van der Waals surface area (Å²) >= 11 is 0. The number of benzene rings is 2. The molecule has 0 aliphatic heterocycles. The second-order valence-corrected chi connectivity index (χ2v) is 6.28. The van der Waals surface area contributed by atoms with Gasteiger partial charge in [0.15, 0.2) is 6.10 Å². The Bertz CT molecular complexity index is 777. The summed E-state index contributed by atoms with van der Waals surface area (Å²) in [5.74, 6) is 0.340. The minimum absolute atomic E-state index is 0.215. The van der Waals surface area contributed by atoms with E-state index in [-0.39, 0.29) is 5.91 Å². The molecular formula is C20H23N3O2. The van der Waals surface area contributed by atoms with Gasteiger partial charge in [0.25, 0.3) is 5.91 Å². The number of hydrogen-bond donors (Lipinski definition) is 1. The van der Waals surface area contributed by atoms with Gasteiger partial charge in [-0.3, -0.25) is 4.79 Å². The van der Waals surface area contributed by atoms with Crippen LogP contribution >= 0.6 is 0 Å². The van der Waals surface area contributed by atoms with Gasteiger partial charge in [0, 0.05) is 12.2 Å². The molecule has 25 heavy (non-hydrogen) atoms. The summed E-state index contributed by atoms with van der Waals surface area (Å²) < 4.78 is 5.66. The number of anilines is 1. The normalized spacial score (nSPS) is 11.7. The highest BCUT2D eigenvalue weighted by molar-refractivity contribution is 5.94. The zero-order chi connectivity index (χ0) is 18.4. The quantitative estimate of drug-likeness (QED) is 0.878. The van der Waals surface area contributed by atoms with E-state index >= 15 is 0 Å². The average Bonchev–Trinajstić information content (AvgIpc) is 2.57. The first-order chi connectivity index (χ1) is 11.9. The maximum absolute atomic E-state index is 12.5. The Balaban J connectivity index is 2.06. The highest BCUT2D eigenvalue weighted by Crippen LogP contribution is 2.20. The van der Waals surface area contributed by atoms with Gasteiger partial charge in [-0.2, -0.15) is 5.26 Å². The summed E-state index contributed by atoms with van der Waals surface area (Å²) in [5.41, 5.74) is 3.55. The summed E-state index contributed by atoms with van der Waals surface area (Å²) in [7, 11) is 3.98. The lowest BCUT2D eigenvalue weighted by Crippen LogP contribution is -2.30. The van der Waals surface area contributed by atoms with Crippen molar-refractivity contribution >= 4 is 11.6 Å². The molecule has 0 fully saturated rings. The molecule has 0 saturated carbocycles. The van der Waals surface area contributed by atoms with E-state index in [0.717, 1.165) is 23.4 Å². The van der Waals surface area contributed by atoms with Crippen LogP contribution in [0.3, 0.4) is 0 Å². The van der Waals surface area contributed by atoms with Crippen molar-refractivity contribution in [2.24, 2.45) is 0 Å². The Morgan fingerprint density at radius 1 is 1.24 bits per heavy atom. The molecule has 2 aromatic carbocycles. The number of hydrogen-bond acceptors (Lipinski definition) is 4. The number of carbonyl (C=O) groups is 1. The fourth-order valence-electron chi connectivity index (χ4n) is 2.42. The van der Waals surface area contributed by atoms with E-state index in [2.05, 4.69) is 22.4 Å². The van der Waals surface area contributed by atoms with Crippen LogP contribution in [0.1, 0.15) is 23.6 Å². The van der Waals surface area contributed by atoms with Crippen LogP contribution in [0, 0.1) is 18.3 Å². The highest BCUT2D eigenvalue weighted by Gasteiger charge is 2.16. The molecule has 0 bridgehead atoms. The van der Waals surface area contributed by atoms with Crippen LogP contribution in [0.4, 0.5) is 5.69 Å². The first-order valence-corrected chi connectivity index (χ1v) is 8.11. The standard InChI is InChI=1S/C20H23N3O2/c1-14-5-10-19(17(11-14)13-23(3)4)22-20(24)15(2)25-18-8-6-16(12-21)7-9-18/h5-11,15H,13H2,1-4H3,(H,22,24). The maximum atomic E-state index is 12.5. The van der Waals surface area contributed by atoms with Crippen molar-refractivity contribution < 1.29 is 9.53 Å². The van der Waals surface area contributed by atoms with Crippen LogP contribution in [0.15, 0.2) is 42.5 Å². The molecule has 1 amide bonds. The Morgan fingerprint density at radius 2 is 1.92 bits per heavy atom. The number of nitriles is 1. The van der Waals surface area contributed by atoms with E-state index in [1.807, 2.05) is 33.2 Å². The van der Waals surface area contributed by atoms with E-state index in [9.17, 15) is 4.79 Å². The van der Waals surface area contributed by atoms with Gasteiger partial charge in [-0.05, 0) is 63.8 Å². The topological polar surface area (TPSA) is 65.4 Å². The molecule has 0 aliphatic carbocycles. The third-order valence-corrected chi connectivity index (χ3v) is 3.67. The fourth-order valence-corrected chi connectivity index (χ4v) is 2.42. The lowest BCUT2D eigenvalue weighted by molar-refractivity contribution is -0.122. The predicted molar refractivity (Wildman–Crippen MR) is 98.4 cm³/mol. The summed E-state index contributed by atoms with van der Waals surface area (Å²) in [5, 5.41) is 11.8. The average molecular weight is 337 g/mol. The molecule has 0 radical (unpaired) electrons. The van der Waals surface area contributed by atoms with E-state index in [0.29, 0.717) is 11.3 Å². The van der Waals surface area contributed by atoms with E-state index in [1.165, 1.54) is 0 Å². The summed E-state index contributed by atoms with van der Waals surface area (Å²) in [6, 6.07) is 14.7. The third kappa shape index (κ3) is 5.33. The Morgan fingerprint density at radius 3 is 2.52 bits per heavy atom. The molecule has 5 nitrogen and oxygen atoms in total. The van der Waals surface area contributed by atoms with Crippen molar-refractivity contribution in [1.82, 2.24) is 4.90 Å². The third-order valence-electron chi connectivity index (χ3n) is 3.67. The van der Waals surface area contributed by atoms with Crippen molar-refractivity contribution in [1.29, 1.82) is 5.26 Å². The monoisotopic (exact) mass is 337 g/mol. The first kappa shape index (κ1) is 18.5. The van der Waals surface area contributed by atoms with Crippen LogP contribution in [-0.4, -0.2) is 31.0 Å². The second-order valence-electron chi connectivity index (χ2n) is 6.28. The van der Waals surface area contributed by atoms with E-state index in [1.54, 1.807) is 31.2 Å². The van der Waals surface area contributed by atoms with Crippen LogP contribution in [0.2, 0.25) is 0 Å². The van der Waals surface area contributed by atoms with Gasteiger partial charge in [-0.1, -0.05) is 17.7 Å². The van der Waals surface area contributed by atoms with E-state index in [4.69, 9.17) is 10.00 Å². The van der Waals surface area contributed by atoms with E-state index < -0.39 is 6.10 Å². The molecule has 1 N–H and O–H groups in total. The van der Waals surface area contributed by atoms with Crippen LogP contribution in [0.25, 0.3) is 0 Å². The van der Waals surface area contributed by atoms with Crippen molar-refractivity contribution in [3.05, 3.63) is 59.2 Å². The number of carbonyl (C=O) groups excluding carboxylic acids is 1. The Hall–Kier alpha value is -2.84. The smallest absolute Gasteiger partial charge is 0.265 e. The molecule has 0 spiro atoms. The number of nitrogens with zero attached hydrogens (tertiary/aromatic N) is 2. The fraction of sp³-hybridized carbons (Fsp3) is 0.300. The number of amides is 1. The molecule has 0 heterocycles. The molecule has 0 aromatic heterocycles. The number of aryl methyl sites for hydroxylation is 1. The van der Waals surface area contributed by atoms with Gasteiger partial charge in [-0.25, -0.2) is 0 Å². The summed E-state index contributed by atoms with van der Waals surface area (Å²) in [6.45, 7) is 4.47. The lowest BCUT2D eigenvalue weighted by atomic mass is 10.1. The number of nitrogens with one attached hydrogen (secondary N) is 1. The van der Waals surface area contributed by atoms with Crippen molar-refractivity contribution in [3.63, 3.8) is 0 Å². The van der Waals surface area contributed by atoms with Crippen LogP contribution < -0.4 is 10.1 Å². The molecule has 2 rings (SSSR count). The first-order valence-electron chi connectivity index (χ1n) is 8.11. The highest BCUT2D eigenvalue weighted by atomic mass is 16.5. The van der Waals surface area contributed by atoms with Gasteiger partial charge < -0.3 is 15.0 Å². The van der Waals surface area contributed by atoms with Crippen molar-refractivity contribution in [2.75, 3.05) is 19.4 Å². The zero-order valence-corrected chi connectivity index (χ0v) is 15.0.